The molecule has 29 heavy (non-hydrogen) atoms. The minimum Gasteiger partial charge on any atom is -0.463 e. The molecule has 0 spiro atoms. The van der Waals surface area contributed by atoms with Crippen LogP contribution in [-0.4, -0.2) is 30.1 Å². The van der Waals surface area contributed by atoms with Gasteiger partial charge in [-0.15, -0.1) is 0 Å². The number of nitro benzene ring substituents is 1. The maximum Gasteiger partial charge on any atom is 0.336 e. The molecule has 152 valence electrons. The number of dihydropyridines is 1. The molecule has 9 nitrogen and oxygen atoms in total. The number of nitriles is 1. The first kappa shape index (κ1) is 21.6. The highest BCUT2D eigenvalue weighted by atomic mass is 16.6. The lowest BCUT2D eigenvalue weighted by Crippen LogP contribution is -2.32. The fourth-order valence-corrected chi connectivity index (χ4v) is 3.16. The summed E-state index contributed by atoms with van der Waals surface area (Å²) in [6, 6.07) is 7.62. The summed E-state index contributed by atoms with van der Waals surface area (Å²) in [5.41, 5.74) is 1.45. The number of nitrogens with one attached hydrogen (secondary N) is 1. The van der Waals surface area contributed by atoms with Crippen molar-refractivity contribution in [2.24, 2.45) is 0 Å². The highest BCUT2D eigenvalue weighted by molar-refractivity contribution is 5.99. The molecule has 0 aromatic heterocycles. The maximum absolute atomic E-state index is 12.8. The number of benzene rings is 1. The molecule has 9 heteroatoms. The van der Waals surface area contributed by atoms with Crippen LogP contribution < -0.4 is 5.32 Å². The highest BCUT2D eigenvalue weighted by Gasteiger charge is 2.38. The van der Waals surface area contributed by atoms with Gasteiger partial charge < -0.3 is 14.8 Å². The quantitative estimate of drug-likeness (QED) is 0.320. The van der Waals surface area contributed by atoms with Crippen molar-refractivity contribution >= 4 is 17.6 Å². The minimum atomic E-state index is -0.912. The smallest absolute Gasteiger partial charge is 0.336 e. The van der Waals surface area contributed by atoms with Gasteiger partial charge in [-0.25, -0.2) is 9.59 Å². The number of carbonyl (C=O) groups is 2. The SMILES string of the molecule is CCOC(=O)C1=C(C)NC(C)=C(C(=O)OCCC#N)C1c1cccc([N+](=O)[O-])c1. The number of hydrogen-bond acceptors (Lipinski definition) is 8. The van der Waals surface area contributed by atoms with Crippen LogP contribution in [0, 0.1) is 21.4 Å². The monoisotopic (exact) mass is 399 g/mol. The summed E-state index contributed by atoms with van der Waals surface area (Å²) in [6.45, 7) is 4.99. The van der Waals surface area contributed by atoms with Gasteiger partial charge in [-0.3, -0.25) is 10.1 Å². The van der Waals surface area contributed by atoms with Crippen molar-refractivity contribution in [3.05, 3.63) is 62.5 Å². The van der Waals surface area contributed by atoms with Crippen LogP contribution >= 0.6 is 0 Å². The Kier molecular flexibility index (Phi) is 7.09. The molecule has 1 unspecified atom stereocenters. The number of ether oxygens (including phenoxy) is 2. The summed E-state index contributed by atoms with van der Waals surface area (Å²) in [5.74, 6) is -2.26. The van der Waals surface area contributed by atoms with E-state index in [0.717, 1.165) is 0 Å². The molecule has 0 saturated heterocycles. The largest absolute Gasteiger partial charge is 0.463 e. The van der Waals surface area contributed by atoms with Crippen LogP contribution in [-0.2, 0) is 19.1 Å². The molecule has 0 amide bonds. The zero-order valence-electron chi connectivity index (χ0n) is 16.4. The van der Waals surface area contributed by atoms with Crippen molar-refractivity contribution in [1.82, 2.24) is 5.32 Å². The van der Waals surface area contributed by atoms with Gasteiger partial charge in [0.2, 0.25) is 0 Å². The van der Waals surface area contributed by atoms with Gasteiger partial charge >= 0.3 is 11.9 Å². The fourth-order valence-electron chi connectivity index (χ4n) is 3.16. The van der Waals surface area contributed by atoms with Gasteiger partial charge in [0.05, 0.1) is 41.1 Å². The molecule has 1 aliphatic heterocycles. The van der Waals surface area contributed by atoms with Crippen molar-refractivity contribution in [2.75, 3.05) is 13.2 Å². The van der Waals surface area contributed by atoms with Gasteiger partial charge in [-0.2, -0.15) is 5.26 Å². The zero-order chi connectivity index (χ0) is 21.6. The predicted octanol–water partition coefficient (Wildman–Crippen LogP) is 2.85. The third kappa shape index (κ3) is 4.79. The summed E-state index contributed by atoms with van der Waals surface area (Å²) >= 11 is 0. The first-order chi connectivity index (χ1) is 13.8. The molecular formula is C20H21N3O6. The number of nitrogens with zero attached hydrogens (tertiary/aromatic N) is 2. The van der Waals surface area contributed by atoms with Crippen LogP contribution in [0.2, 0.25) is 0 Å². The van der Waals surface area contributed by atoms with E-state index in [2.05, 4.69) is 5.32 Å². The number of nitro groups is 1. The molecule has 0 fully saturated rings. The van der Waals surface area contributed by atoms with Gasteiger partial charge in [-0.05, 0) is 26.3 Å². The van der Waals surface area contributed by atoms with E-state index in [0.29, 0.717) is 17.0 Å². The second kappa shape index (κ2) is 9.50. The molecule has 1 atom stereocenters. The van der Waals surface area contributed by atoms with Gasteiger partial charge in [0.25, 0.3) is 5.69 Å². The van der Waals surface area contributed by atoms with Gasteiger partial charge in [-0.1, -0.05) is 12.1 Å². The molecular weight excluding hydrogens is 378 g/mol. The molecule has 0 saturated carbocycles. The lowest BCUT2D eigenvalue weighted by Gasteiger charge is -2.30. The molecule has 2 rings (SSSR count). The molecule has 1 N–H and O–H groups in total. The van der Waals surface area contributed by atoms with Gasteiger partial charge in [0, 0.05) is 23.5 Å². The van der Waals surface area contributed by atoms with E-state index in [1.54, 1.807) is 26.8 Å². The standard InChI is InChI=1S/C20H21N3O6/c1-4-28-19(24)16-12(2)22-13(3)17(20(25)29-10-6-9-21)18(16)14-7-5-8-15(11-14)23(26)27/h5,7-8,11,18,22H,4,6,10H2,1-3H3. The number of allylic oxidation sites excluding steroid dienone is 2. The minimum absolute atomic E-state index is 0.0204. The first-order valence-electron chi connectivity index (χ1n) is 8.95. The lowest BCUT2D eigenvalue weighted by molar-refractivity contribution is -0.384. The van der Waals surface area contributed by atoms with Crippen molar-refractivity contribution in [1.29, 1.82) is 5.26 Å². The molecule has 1 aromatic rings. The third-order valence-electron chi connectivity index (χ3n) is 4.34. The van der Waals surface area contributed by atoms with E-state index in [-0.39, 0.29) is 36.5 Å². The lowest BCUT2D eigenvalue weighted by atomic mass is 9.80. The Morgan fingerprint density at radius 2 is 1.83 bits per heavy atom. The fraction of sp³-hybridized carbons (Fsp3) is 0.350. The number of rotatable bonds is 7. The Hall–Kier alpha value is -3.67. The second-order valence-electron chi connectivity index (χ2n) is 6.25. The summed E-state index contributed by atoms with van der Waals surface area (Å²) < 4.78 is 10.3. The Morgan fingerprint density at radius 3 is 2.38 bits per heavy atom. The summed E-state index contributed by atoms with van der Waals surface area (Å²) in [5, 5.41) is 22.9. The average molecular weight is 399 g/mol. The normalized spacial score (nSPS) is 16.0. The molecule has 1 aliphatic rings. The molecule has 0 radical (unpaired) electrons. The topological polar surface area (TPSA) is 132 Å². The summed E-state index contributed by atoms with van der Waals surface area (Å²) in [7, 11) is 0. The van der Waals surface area contributed by atoms with E-state index < -0.39 is 22.8 Å². The zero-order valence-corrected chi connectivity index (χ0v) is 16.4. The molecule has 1 heterocycles. The number of hydrogen-bond donors (Lipinski definition) is 1. The Morgan fingerprint density at radius 1 is 1.21 bits per heavy atom. The van der Waals surface area contributed by atoms with E-state index in [1.165, 1.54) is 18.2 Å². The second-order valence-corrected chi connectivity index (χ2v) is 6.25. The maximum atomic E-state index is 12.8. The number of esters is 2. The Labute approximate surface area is 167 Å². The van der Waals surface area contributed by atoms with Crippen LogP contribution in [0.25, 0.3) is 0 Å². The van der Waals surface area contributed by atoms with Crippen molar-refractivity contribution in [3.63, 3.8) is 0 Å². The van der Waals surface area contributed by atoms with Crippen LogP contribution in [0.15, 0.2) is 46.8 Å². The van der Waals surface area contributed by atoms with Gasteiger partial charge in [0.1, 0.15) is 6.61 Å². The molecule has 0 aliphatic carbocycles. The molecule has 0 bridgehead atoms. The first-order valence-corrected chi connectivity index (χ1v) is 8.95. The number of carbonyl (C=O) groups excluding carboxylic acids is 2. The average Bonchev–Trinajstić information content (AvgIpc) is 2.67. The van der Waals surface area contributed by atoms with Crippen molar-refractivity contribution in [3.8, 4) is 6.07 Å². The van der Waals surface area contributed by atoms with Crippen LogP contribution in [0.1, 0.15) is 38.7 Å². The summed E-state index contributed by atoms with van der Waals surface area (Å²) in [6.07, 6.45) is 0.0204. The van der Waals surface area contributed by atoms with E-state index in [1.807, 2.05) is 6.07 Å². The van der Waals surface area contributed by atoms with Crippen LogP contribution in [0.5, 0.6) is 0 Å². The Bertz CT molecular complexity index is 942. The Balaban J connectivity index is 2.61. The van der Waals surface area contributed by atoms with Crippen molar-refractivity contribution < 1.29 is 24.0 Å². The predicted molar refractivity (Wildman–Crippen MR) is 102 cm³/mol. The third-order valence-corrected chi connectivity index (χ3v) is 4.34. The van der Waals surface area contributed by atoms with Crippen molar-refractivity contribution in [2.45, 2.75) is 33.1 Å². The van der Waals surface area contributed by atoms with E-state index in [4.69, 9.17) is 14.7 Å². The van der Waals surface area contributed by atoms with Crippen LogP contribution in [0.4, 0.5) is 5.69 Å². The molecule has 1 aromatic carbocycles. The highest BCUT2D eigenvalue weighted by Crippen LogP contribution is 2.40. The van der Waals surface area contributed by atoms with E-state index in [9.17, 15) is 19.7 Å². The van der Waals surface area contributed by atoms with Crippen LogP contribution in [0.3, 0.4) is 0 Å². The summed E-state index contributed by atoms with van der Waals surface area (Å²) in [4.78, 5) is 36.1. The van der Waals surface area contributed by atoms with Gasteiger partial charge in [0.15, 0.2) is 0 Å². The van der Waals surface area contributed by atoms with E-state index >= 15 is 0 Å². The number of non-ortho nitro benzene ring substituents is 1.